The molecule has 0 unspecified atom stereocenters. The normalized spacial score (nSPS) is 11.0. The first-order valence-corrected chi connectivity index (χ1v) is 10.7. The number of rotatable bonds is 10. The van der Waals surface area contributed by atoms with Gasteiger partial charge in [0.1, 0.15) is 0 Å². The van der Waals surface area contributed by atoms with Gasteiger partial charge in [0.2, 0.25) is 5.78 Å². The highest BCUT2D eigenvalue weighted by atomic mass is 32.2. The number of aromatic nitrogens is 3. The molecule has 7 nitrogen and oxygen atoms in total. The number of methoxy groups -OCH3 is 1. The van der Waals surface area contributed by atoms with E-state index in [1.54, 1.807) is 7.11 Å². The summed E-state index contributed by atoms with van der Waals surface area (Å²) in [6.45, 7) is 8.65. The SMILES string of the molecule is COCCn1c(C)cc(C(=O)COC(=O)CCc2c(C)nc(SC)nc2C)c1C. The first-order valence-electron chi connectivity index (χ1n) is 9.51. The summed E-state index contributed by atoms with van der Waals surface area (Å²) < 4.78 is 12.4. The number of carbonyl (C=O) groups excluding carboxylic acids is 2. The van der Waals surface area contributed by atoms with Gasteiger partial charge in [-0.25, -0.2) is 9.97 Å². The molecule has 0 aliphatic heterocycles. The van der Waals surface area contributed by atoms with E-state index in [0.717, 1.165) is 33.5 Å². The summed E-state index contributed by atoms with van der Waals surface area (Å²) in [6.07, 6.45) is 2.60. The summed E-state index contributed by atoms with van der Waals surface area (Å²) in [6, 6.07) is 1.83. The van der Waals surface area contributed by atoms with Crippen LogP contribution in [-0.2, 0) is 27.2 Å². The van der Waals surface area contributed by atoms with Crippen molar-refractivity contribution in [1.29, 1.82) is 0 Å². The Labute approximate surface area is 176 Å². The Balaban J connectivity index is 1.92. The van der Waals surface area contributed by atoms with Crippen molar-refractivity contribution in [2.45, 2.75) is 52.2 Å². The molecule has 0 bridgehead atoms. The number of ketones is 1. The Morgan fingerprint density at radius 2 is 1.79 bits per heavy atom. The Morgan fingerprint density at radius 3 is 2.38 bits per heavy atom. The highest BCUT2D eigenvalue weighted by Crippen LogP contribution is 2.18. The third kappa shape index (κ3) is 5.90. The first-order chi connectivity index (χ1) is 13.8. The van der Waals surface area contributed by atoms with Crippen LogP contribution in [0.1, 0.15) is 45.1 Å². The van der Waals surface area contributed by atoms with Crippen LogP contribution in [0.5, 0.6) is 0 Å². The average molecular weight is 420 g/mol. The standard InChI is InChI=1S/C21H29N3O4S/c1-13-11-18(16(4)24(13)9-10-27-5)19(25)12-28-20(26)8-7-17-14(2)22-21(29-6)23-15(17)3/h11H,7-10,12H2,1-6H3. The van der Waals surface area contributed by atoms with Gasteiger partial charge < -0.3 is 14.0 Å². The smallest absolute Gasteiger partial charge is 0.306 e. The lowest BCUT2D eigenvalue weighted by molar-refractivity contribution is -0.142. The van der Waals surface area contributed by atoms with Crippen molar-refractivity contribution >= 4 is 23.5 Å². The molecule has 0 N–H and O–H groups in total. The van der Waals surface area contributed by atoms with Gasteiger partial charge in [0.25, 0.3) is 0 Å². The maximum atomic E-state index is 12.5. The van der Waals surface area contributed by atoms with E-state index in [9.17, 15) is 9.59 Å². The lowest BCUT2D eigenvalue weighted by Crippen LogP contribution is -2.16. The lowest BCUT2D eigenvalue weighted by Gasteiger charge is -2.10. The van der Waals surface area contributed by atoms with Crippen LogP contribution in [0.15, 0.2) is 11.2 Å². The monoisotopic (exact) mass is 419 g/mol. The van der Waals surface area contributed by atoms with Crippen LogP contribution in [0.2, 0.25) is 0 Å². The summed E-state index contributed by atoms with van der Waals surface area (Å²) in [4.78, 5) is 33.5. The summed E-state index contributed by atoms with van der Waals surface area (Å²) in [5.74, 6) is -0.602. The predicted molar refractivity (Wildman–Crippen MR) is 113 cm³/mol. The van der Waals surface area contributed by atoms with E-state index in [2.05, 4.69) is 9.97 Å². The fourth-order valence-corrected chi connectivity index (χ4v) is 3.75. The van der Waals surface area contributed by atoms with Gasteiger partial charge in [-0.2, -0.15) is 0 Å². The molecule has 0 aliphatic rings. The highest BCUT2D eigenvalue weighted by Gasteiger charge is 2.18. The Morgan fingerprint density at radius 1 is 1.14 bits per heavy atom. The van der Waals surface area contributed by atoms with Crippen LogP contribution in [0.3, 0.4) is 0 Å². The molecule has 2 aromatic rings. The number of carbonyl (C=O) groups is 2. The van der Waals surface area contributed by atoms with E-state index in [1.165, 1.54) is 11.8 Å². The van der Waals surface area contributed by atoms with Gasteiger partial charge >= 0.3 is 5.97 Å². The zero-order valence-electron chi connectivity index (χ0n) is 18.0. The van der Waals surface area contributed by atoms with Crippen LogP contribution >= 0.6 is 11.8 Å². The second-order valence-electron chi connectivity index (χ2n) is 6.87. The van der Waals surface area contributed by atoms with Crippen molar-refractivity contribution in [2.24, 2.45) is 0 Å². The summed E-state index contributed by atoms with van der Waals surface area (Å²) in [5, 5.41) is 0.722. The summed E-state index contributed by atoms with van der Waals surface area (Å²) in [5.41, 5.74) is 5.11. The molecule has 0 aliphatic carbocycles. The minimum atomic E-state index is -0.403. The topological polar surface area (TPSA) is 83.3 Å². The molecule has 8 heteroatoms. The van der Waals surface area contributed by atoms with E-state index in [0.29, 0.717) is 25.1 Å². The third-order valence-corrected chi connectivity index (χ3v) is 5.47. The molecular formula is C21H29N3O4S. The van der Waals surface area contributed by atoms with Crippen LogP contribution in [-0.4, -0.2) is 52.9 Å². The number of hydrogen-bond acceptors (Lipinski definition) is 7. The molecule has 29 heavy (non-hydrogen) atoms. The van der Waals surface area contributed by atoms with E-state index < -0.39 is 5.97 Å². The van der Waals surface area contributed by atoms with Crippen LogP contribution in [0.25, 0.3) is 0 Å². The van der Waals surface area contributed by atoms with E-state index >= 15 is 0 Å². The number of thioether (sulfide) groups is 1. The minimum absolute atomic E-state index is 0.184. The zero-order valence-corrected chi connectivity index (χ0v) is 18.8. The van der Waals surface area contributed by atoms with Gasteiger partial charge in [-0.1, -0.05) is 11.8 Å². The fraction of sp³-hybridized carbons (Fsp3) is 0.524. The molecule has 2 aromatic heterocycles. The van der Waals surface area contributed by atoms with Crippen molar-refractivity contribution in [3.8, 4) is 0 Å². The van der Waals surface area contributed by atoms with E-state index in [4.69, 9.17) is 9.47 Å². The van der Waals surface area contributed by atoms with Gasteiger partial charge in [-0.3, -0.25) is 9.59 Å². The van der Waals surface area contributed by atoms with Crippen LogP contribution in [0, 0.1) is 27.7 Å². The van der Waals surface area contributed by atoms with Crippen molar-refractivity contribution in [3.63, 3.8) is 0 Å². The molecule has 0 aromatic carbocycles. The van der Waals surface area contributed by atoms with Gasteiger partial charge in [0, 0.05) is 48.4 Å². The number of aryl methyl sites for hydroxylation is 3. The molecule has 158 valence electrons. The molecule has 0 saturated heterocycles. The molecule has 2 heterocycles. The van der Waals surface area contributed by atoms with Crippen LogP contribution in [0.4, 0.5) is 0 Å². The molecule has 0 radical (unpaired) electrons. The molecule has 0 atom stereocenters. The molecule has 0 amide bonds. The molecular weight excluding hydrogens is 390 g/mol. The van der Waals surface area contributed by atoms with Crippen LogP contribution < -0.4 is 0 Å². The second kappa shape index (κ2) is 10.5. The molecule has 2 rings (SSSR count). The Hall–Kier alpha value is -2.19. The van der Waals surface area contributed by atoms with Gasteiger partial charge in [-0.15, -0.1) is 0 Å². The van der Waals surface area contributed by atoms with Gasteiger partial charge in [-0.05, 0) is 52.0 Å². The molecule has 0 fully saturated rings. The maximum absolute atomic E-state index is 12.5. The maximum Gasteiger partial charge on any atom is 0.306 e. The quantitative estimate of drug-likeness (QED) is 0.253. The number of hydrogen-bond donors (Lipinski definition) is 0. The number of esters is 1. The second-order valence-corrected chi connectivity index (χ2v) is 7.65. The van der Waals surface area contributed by atoms with Crippen molar-refractivity contribution < 1.29 is 19.1 Å². The summed E-state index contributed by atoms with van der Waals surface area (Å²) in [7, 11) is 1.64. The number of ether oxygens (including phenoxy) is 2. The minimum Gasteiger partial charge on any atom is -0.457 e. The molecule has 0 saturated carbocycles. The van der Waals surface area contributed by atoms with Crippen molar-refractivity contribution in [2.75, 3.05) is 26.6 Å². The van der Waals surface area contributed by atoms with Crippen molar-refractivity contribution in [1.82, 2.24) is 14.5 Å². The fourth-order valence-electron chi connectivity index (χ4n) is 3.29. The molecule has 0 spiro atoms. The average Bonchev–Trinajstić information content (AvgIpc) is 2.97. The largest absolute Gasteiger partial charge is 0.457 e. The van der Waals surface area contributed by atoms with Crippen molar-refractivity contribution in [3.05, 3.63) is 40.0 Å². The lowest BCUT2D eigenvalue weighted by atomic mass is 10.1. The third-order valence-electron chi connectivity index (χ3n) is 4.92. The Bertz CT molecular complexity index is 869. The first kappa shape index (κ1) is 23.1. The van der Waals surface area contributed by atoms with E-state index in [-0.39, 0.29) is 18.8 Å². The number of nitrogens with zero attached hydrogens (tertiary/aromatic N) is 3. The highest BCUT2D eigenvalue weighted by molar-refractivity contribution is 7.98. The van der Waals surface area contributed by atoms with Gasteiger partial charge in [0.05, 0.1) is 6.61 Å². The van der Waals surface area contributed by atoms with E-state index in [1.807, 2.05) is 44.6 Å². The zero-order chi connectivity index (χ0) is 21.6. The van der Waals surface area contributed by atoms with Gasteiger partial charge in [0.15, 0.2) is 11.8 Å². The number of Topliss-reactive ketones (excluding diaryl/α,β-unsaturated/α-hetero) is 1. The Kier molecular flexibility index (Phi) is 8.40. The predicted octanol–water partition coefficient (Wildman–Crippen LogP) is 3.24. The summed E-state index contributed by atoms with van der Waals surface area (Å²) >= 11 is 1.49.